The van der Waals surface area contributed by atoms with Crippen LogP contribution in [0.3, 0.4) is 0 Å². The van der Waals surface area contributed by atoms with E-state index in [-0.39, 0.29) is 17.2 Å². The van der Waals surface area contributed by atoms with Gasteiger partial charge < -0.3 is 4.74 Å². The highest BCUT2D eigenvalue weighted by molar-refractivity contribution is 7.17. The zero-order valence-electron chi connectivity index (χ0n) is 11.8. The predicted molar refractivity (Wildman–Crippen MR) is 87.2 cm³/mol. The molecule has 1 N–H and O–H groups in total. The van der Waals surface area contributed by atoms with E-state index in [4.69, 9.17) is 27.9 Å². The summed E-state index contributed by atoms with van der Waals surface area (Å²) in [5.41, 5.74) is 0.732. The fourth-order valence-electron chi connectivity index (χ4n) is 1.67. The lowest BCUT2D eigenvalue weighted by atomic mass is 10.2. The average molecular weight is 359 g/mol. The molecule has 0 radical (unpaired) electrons. The lowest BCUT2D eigenvalue weighted by Crippen LogP contribution is -2.12. The summed E-state index contributed by atoms with van der Waals surface area (Å²) < 4.78 is 4.93. The van der Waals surface area contributed by atoms with Gasteiger partial charge in [-0.3, -0.25) is 10.1 Å². The number of amides is 1. The molecular formula is C14H12Cl2N2O3S. The molecule has 0 saturated heterocycles. The molecule has 116 valence electrons. The zero-order valence-corrected chi connectivity index (χ0v) is 14.1. The SMILES string of the molecule is CCOC(=O)c1sc(NC(=O)c2cc(Cl)ccc2Cl)nc1C. The van der Waals surface area contributed by atoms with E-state index in [0.717, 1.165) is 11.3 Å². The third-order valence-corrected chi connectivity index (χ3v) is 4.27. The highest BCUT2D eigenvalue weighted by Gasteiger charge is 2.19. The number of anilines is 1. The lowest BCUT2D eigenvalue weighted by molar-refractivity contribution is 0.0531. The van der Waals surface area contributed by atoms with Crippen molar-refractivity contribution < 1.29 is 14.3 Å². The molecule has 0 fully saturated rings. The van der Waals surface area contributed by atoms with E-state index in [1.165, 1.54) is 12.1 Å². The second-order valence-electron chi connectivity index (χ2n) is 4.23. The van der Waals surface area contributed by atoms with Crippen LogP contribution in [-0.2, 0) is 4.74 Å². The Hall–Kier alpha value is -1.63. The Bertz CT molecular complexity index is 731. The van der Waals surface area contributed by atoms with Gasteiger partial charge in [-0.2, -0.15) is 0 Å². The maximum atomic E-state index is 12.2. The molecule has 0 aliphatic heterocycles. The first-order valence-electron chi connectivity index (χ1n) is 6.33. The normalized spacial score (nSPS) is 10.4. The number of nitrogens with zero attached hydrogens (tertiary/aromatic N) is 1. The Balaban J connectivity index is 2.20. The van der Waals surface area contributed by atoms with E-state index < -0.39 is 11.9 Å². The van der Waals surface area contributed by atoms with E-state index in [9.17, 15) is 9.59 Å². The van der Waals surface area contributed by atoms with Gasteiger partial charge in [0.1, 0.15) is 4.88 Å². The summed E-state index contributed by atoms with van der Waals surface area (Å²) in [6, 6.07) is 4.59. The lowest BCUT2D eigenvalue weighted by Gasteiger charge is -2.04. The molecule has 0 saturated carbocycles. The van der Waals surface area contributed by atoms with Gasteiger partial charge in [0.2, 0.25) is 0 Å². The summed E-state index contributed by atoms with van der Waals surface area (Å²) in [7, 11) is 0. The van der Waals surface area contributed by atoms with Crippen molar-refractivity contribution in [2.45, 2.75) is 13.8 Å². The predicted octanol–water partition coefficient (Wildman–Crippen LogP) is 4.19. The van der Waals surface area contributed by atoms with Crippen molar-refractivity contribution in [3.8, 4) is 0 Å². The molecular weight excluding hydrogens is 347 g/mol. The number of thiazole rings is 1. The number of ether oxygens (including phenoxy) is 1. The number of hydrogen-bond donors (Lipinski definition) is 1. The number of esters is 1. The third-order valence-electron chi connectivity index (χ3n) is 2.65. The van der Waals surface area contributed by atoms with Crippen molar-refractivity contribution in [3.05, 3.63) is 44.4 Å². The third kappa shape index (κ3) is 3.76. The van der Waals surface area contributed by atoms with Crippen LogP contribution in [0.4, 0.5) is 5.13 Å². The van der Waals surface area contributed by atoms with Crippen molar-refractivity contribution in [2.75, 3.05) is 11.9 Å². The topological polar surface area (TPSA) is 68.3 Å². The Morgan fingerprint density at radius 3 is 2.77 bits per heavy atom. The molecule has 22 heavy (non-hydrogen) atoms. The van der Waals surface area contributed by atoms with Gasteiger partial charge in [-0.25, -0.2) is 9.78 Å². The maximum Gasteiger partial charge on any atom is 0.350 e. The molecule has 1 amide bonds. The minimum absolute atomic E-state index is 0.236. The quantitative estimate of drug-likeness (QED) is 0.832. The van der Waals surface area contributed by atoms with E-state index in [1.807, 2.05) is 0 Å². The van der Waals surface area contributed by atoms with Crippen LogP contribution in [0.15, 0.2) is 18.2 Å². The summed E-state index contributed by atoms with van der Waals surface area (Å²) in [5, 5.41) is 3.57. The molecule has 1 heterocycles. The van der Waals surface area contributed by atoms with Crippen LogP contribution >= 0.6 is 34.5 Å². The minimum atomic E-state index is -0.459. The molecule has 8 heteroatoms. The van der Waals surface area contributed by atoms with Gasteiger partial charge in [0.05, 0.1) is 22.9 Å². The molecule has 0 spiro atoms. The van der Waals surface area contributed by atoms with Crippen LogP contribution in [0.25, 0.3) is 0 Å². The Labute approximate surface area is 141 Å². The number of rotatable bonds is 4. The Morgan fingerprint density at radius 1 is 1.36 bits per heavy atom. The van der Waals surface area contributed by atoms with Crippen molar-refractivity contribution in [2.24, 2.45) is 0 Å². The van der Waals surface area contributed by atoms with E-state index in [2.05, 4.69) is 10.3 Å². The Kier molecular flexibility index (Phi) is 5.39. The fraction of sp³-hybridized carbons (Fsp3) is 0.214. The van der Waals surface area contributed by atoms with Crippen molar-refractivity contribution in [1.82, 2.24) is 4.98 Å². The van der Waals surface area contributed by atoms with Gasteiger partial charge in [-0.05, 0) is 32.0 Å². The van der Waals surface area contributed by atoms with Crippen LogP contribution in [0, 0.1) is 6.92 Å². The highest BCUT2D eigenvalue weighted by Crippen LogP contribution is 2.26. The molecule has 2 rings (SSSR count). The second kappa shape index (κ2) is 7.09. The van der Waals surface area contributed by atoms with Crippen LogP contribution < -0.4 is 5.32 Å². The van der Waals surface area contributed by atoms with Gasteiger partial charge in [-0.1, -0.05) is 34.5 Å². The van der Waals surface area contributed by atoms with Crippen LogP contribution in [-0.4, -0.2) is 23.5 Å². The Morgan fingerprint density at radius 2 is 2.09 bits per heavy atom. The first-order valence-corrected chi connectivity index (χ1v) is 7.90. The average Bonchev–Trinajstić information content (AvgIpc) is 2.82. The first-order chi connectivity index (χ1) is 10.4. The van der Waals surface area contributed by atoms with Crippen LogP contribution in [0.1, 0.15) is 32.6 Å². The minimum Gasteiger partial charge on any atom is -0.462 e. The van der Waals surface area contributed by atoms with Crippen LogP contribution in [0.5, 0.6) is 0 Å². The number of nitrogens with one attached hydrogen (secondary N) is 1. The first kappa shape index (κ1) is 16.7. The molecule has 1 aromatic carbocycles. The molecule has 0 unspecified atom stereocenters. The zero-order chi connectivity index (χ0) is 16.3. The number of hydrogen-bond acceptors (Lipinski definition) is 5. The molecule has 0 atom stereocenters. The molecule has 5 nitrogen and oxygen atoms in total. The monoisotopic (exact) mass is 358 g/mol. The summed E-state index contributed by atoms with van der Waals surface area (Å²) >= 11 is 12.9. The largest absolute Gasteiger partial charge is 0.462 e. The van der Waals surface area contributed by atoms with E-state index in [0.29, 0.717) is 20.7 Å². The number of halogens is 2. The molecule has 2 aromatic rings. The molecule has 0 bridgehead atoms. The van der Waals surface area contributed by atoms with Crippen molar-refractivity contribution in [1.29, 1.82) is 0 Å². The standard InChI is InChI=1S/C14H12Cl2N2O3S/c1-3-21-13(20)11-7(2)17-14(22-11)18-12(19)9-6-8(15)4-5-10(9)16/h4-6H,3H2,1-2H3,(H,17,18,19). The number of carbonyl (C=O) groups is 2. The van der Waals surface area contributed by atoms with Gasteiger partial charge >= 0.3 is 5.97 Å². The summed E-state index contributed by atoms with van der Waals surface area (Å²) in [4.78, 5) is 28.4. The van der Waals surface area contributed by atoms with E-state index >= 15 is 0 Å². The van der Waals surface area contributed by atoms with Gasteiger partial charge in [0.15, 0.2) is 5.13 Å². The van der Waals surface area contributed by atoms with Gasteiger partial charge in [0, 0.05) is 5.02 Å². The van der Waals surface area contributed by atoms with Crippen molar-refractivity contribution in [3.63, 3.8) is 0 Å². The number of benzene rings is 1. The smallest absolute Gasteiger partial charge is 0.350 e. The van der Waals surface area contributed by atoms with Gasteiger partial charge in [0.25, 0.3) is 5.91 Å². The molecule has 0 aliphatic carbocycles. The number of carbonyl (C=O) groups excluding carboxylic acids is 2. The van der Waals surface area contributed by atoms with Gasteiger partial charge in [-0.15, -0.1) is 0 Å². The second-order valence-corrected chi connectivity index (χ2v) is 6.08. The van der Waals surface area contributed by atoms with Crippen molar-refractivity contribution >= 4 is 51.5 Å². The van der Waals surface area contributed by atoms with Crippen LogP contribution in [0.2, 0.25) is 10.0 Å². The summed E-state index contributed by atoms with van der Waals surface area (Å²) in [6.45, 7) is 3.67. The maximum absolute atomic E-state index is 12.2. The number of aromatic nitrogens is 1. The molecule has 1 aromatic heterocycles. The summed E-state index contributed by atoms with van der Waals surface area (Å²) in [5.74, 6) is -0.907. The fourth-order valence-corrected chi connectivity index (χ4v) is 2.90. The van der Waals surface area contributed by atoms with E-state index in [1.54, 1.807) is 19.9 Å². The highest BCUT2D eigenvalue weighted by atomic mass is 35.5. The number of aryl methyl sites for hydroxylation is 1. The summed E-state index contributed by atoms with van der Waals surface area (Å²) in [6.07, 6.45) is 0. The molecule has 0 aliphatic rings.